The van der Waals surface area contributed by atoms with Gasteiger partial charge in [0.2, 0.25) is 5.91 Å². The first kappa shape index (κ1) is 22.5. The van der Waals surface area contributed by atoms with E-state index in [-0.39, 0.29) is 18.6 Å². The number of amides is 1. The van der Waals surface area contributed by atoms with E-state index < -0.39 is 5.25 Å². The van der Waals surface area contributed by atoms with Crippen LogP contribution < -0.4 is 10.1 Å². The van der Waals surface area contributed by atoms with Crippen LogP contribution in [0.3, 0.4) is 0 Å². The summed E-state index contributed by atoms with van der Waals surface area (Å²) < 4.78 is 11.2. The van der Waals surface area contributed by atoms with Crippen LogP contribution in [0.15, 0.2) is 52.1 Å². The van der Waals surface area contributed by atoms with Gasteiger partial charge in [-0.25, -0.2) is 0 Å². The van der Waals surface area contributed by atoms with Crippen LogP contribution in [0.4, 0.5) is 0 Å². The third kappa shape index (κ3) is 6.14. The molecule has 0 saturated carbocycles. The fourth-order valence-electron chi connectivity index (χ4n) is 2.66. The second-order valence-electron chi connectivity index (χ2n) is 6.72. The van der Waals surface area contributed by atoms with Gasteiger partial charge in [-0.05, 0) is 56.2 Å². The first-order valence-corrected chi connectivity index (χ1v) is 10.9. The first-order valence-electron chi connectivity index (χ1n) is 9.25. The van der Waals surface area contributed by atoms with Gasteiger partial charge in [0.15, 0.2) is 6.61 Å². The molecule has 30 heavy (non-hydrogen) atoms. The van der Waals surface area contributed by atoms with Crippen LogP contribution in [0.2, 0.25) is 10.0 Å². The highest BCUT2D eigenvalue weighted by Gasteiger charge is 2.21. The standard InChI is InChI=1S/C21H21Cl2N3O3S/c1-12-5-4-6-16(9-12)28-11-19-25-26-21(29-19)30-14(3)20(27)24-13(2)17-8-7-15(22)10-18(17)23/h4-10,13-14H,11H2,1-3H3,(H,24,27). The Hall–Kier alpha value is -2.22. The summed E-state index contributed by atoms with van der Waals surface area (Å²) in [6.45, 7) is 5.77. The number of nitrogens with one attached hydrogen (secondary N) is 1. The Balaban J connectivity index is 1.52. The van der Waals surface area contributed by atoms with Crippen molar-refractivity contribution >= 4 is 40.9 Å². The van der Waals surface area contributed by atoms with Crippen LogP contribution in [-0.2, 0) is 11.4 Å². The Morgan fingerprint density at radius 2 is 2.00 bits per heavy atom. The maximum atomic E-state index is 12.5. The molecule has 1 amide bonds. The van der Waals surface area contributed by atoms with Crippen molar-refractivity contribution < 1.29 is 13.9 Å². The third-order valence-electron chi connectivity index (χ3n) is 4.23. The summed E-state index contributed by atoms with van der Waals surface area (Å²) in [5, 5.41) is 11.8. The number of carbonyl (C=O) groups excluding carboxylic acids is 1. The zero-order chi connectivity index (χ0) is 21.7. The van der Waals surface area contributed by atoms with Crippen molar-refractivity contribution in [2.75, 3.05) is 0 Å². The van der Waals surface area contributed by atoms with Gasteiger partial charge in [0, 0.05) is 10.0 Å². The topological polar surface area (TPSA) is 77.2 Å². The fourth-order valence-corrected chi connectivity index (χ4v) is 3.94. The highest BCUT2D eigenvalue weighted by atomic mass is 35.5. The summed E-state index contributed by atoms with van der Waals surface area (Å²) in [7, 11) is 0. The van der Waals surface area contributed by atoms with Crippen LogP contribution in [0.25, 0.3) is 0 Å². The van der Waals surface area contributed by atoms with Gasteiger partial charge in [0.1, 0.15) is 5.75 Å². The van der Waals surface area contributed by atoms with Gasteiger partial charge >= 0.3 is 0 Å². The molecule has 0 radical (unpaired) electrons. The number of aryl methyl sites for hydroxylation is 1. The lowest BCUT2D eigenvalue weighted by molar-refractivity contribution is -0.120. The van der Waals surface area contributed by atoms with Crippen molar-refractivity contribution in [2.24, 2.45) is 0 Å². The summed E-state index contributed by atoms with van der Waals surface area (Å²) in [6, 6.07) is 12.6. The average Bonchev–Trinajstić information content (AvgIpc) is 3.13. The second kappa shape index (κ2) is 10.2. The number of hydrogen-bond acceptors (Lipinski definition) is 6. The minimum absolute atomic E-state index is 0.156. The molecule has 2 atom stereocenters. The minimum Gasteiger partial charge on any atom is -0.484 e. The predicted molar refractivity (Wildman–Crippen MR) is 118 cm³/mol. The quantitative estimate of drug-likeness (QED) is 0.434. The van der Waals surface area contributed by atoms with Crippen molar-refractivity contribution in [1.29, 1.82) is 0 Å². The van der Waals surface area contributed by atoms with Crippen LogP contribution >= 0.6 is 35.0 Å². The molecule has 0 spiro atoms. The Labute approximate surface area is 189 Å². The highest BCUT2D eigenvalue weighted by molar-refractivity contribution is 8.00. The maximum absolute atomic E-state index is 12.5. The van der Waals surface area contributed by atoms with E-state index in [4.69, 9.17) is 32.4 Å². The first-order chi connectivity index (χ1) is 14.3. The number of aromatic nitrogens is 2. The lowest BCUT2D eigenvalue weighted by Gasteiger charge is -2.18. The molecule has 1 aromatic heterocycles. The number of carbonyl (C=O) groups is 1. The lowest BCUT2D eigenvalue weighted by Crippen LogP contribution is -2.33. The van der Waals surface area contributed by atoms with Crippen molar-refractivity contribution in [3.8, 4) is 5.75 Å². The number of rotatable bonds is 8. The molecule has 0 aliphatic rings. The number of ether oxygens (including phenoxy) is 1. The molecule has 2 unspecified atom stereocenters. The normalized spacial score (nSPS) is 13.0. The average molecular weight is 466 g/mol. The molecule has 1 heterocycles. The summed E-state index contributed by atoms with van der Waals surface area (Å²) in [5.74, 6) is 0.896. The minimum atomic E-state index is -0.440. The van der Waals surface area contributed by atoms with E-state index in [1.165, 1.54) is 11.8 Å². The van der Waals surface area contributed by atoms with Crippen molar-refractivity contribution in [3.05, 3.63) is 69.5 Å². The largest absolute Gasteiger partial charge is 0.484 e. The van der Waals surface area contributed by atoms with Gasteiger partial charge in [-0.1, -0.05) is 53.2 Å². The molecule has 158 valence electrons. The Bertz CT molecular complexity index is 1030. The van der Waals surface area contributed by atoms with Gasteiger partial charge in [-0.2, -0.15) is 0 Å². The summed E-state index contributed by atoms with van der Waals surface area (Å²) in [4.78, 5) is 12.5. The molecule has 0 aliphatic carbocycles. The van der Waals surface area contributed by atoms with Gasteiger partial charge in [0.05, 0.1) is 11.3 Å². The number of nitrogens with zero attached hydrogens (tertiary/aromatic N) is 2. The molecular formula is C21H21Cl2N3O3S. The van der Waals surface area contributed by atoms with E-state index in [2.05, 4.69) is 15.5 Å². The Morgan fingerprint density at radius 1 is 1.20 bits per heavy atom. The molecule has 3 rings (SSSR count). The number of hydrogen-bond donors (Lipinski definition) is 1. The summed E-state index contributed by atoms with van der Waals surface area (Å²) >= 11 is 13.3. The lowest BCUT2D eigenvalue weighted by atomic mass is 10.1. The molecule has 6 nitrogen and oxygen atoms in total. The SMILES string of the molecule is Cc1cccc(OCc2nnc(SC(C)C(=O)NC(C)c3ccc(Cl)cc3Cl)o2)c1. The van der Waals surface area contributed by atoms with Gasteiger partial charge in [-0.3, -0.25) is 4.79 Å². The highest BCUT2D eigenvalue weighted by Crippen LogP contribution is 2.27. The second-order valence-corrected chi connectivity index (χ2v) is 8.86. The molecule has 9 heteroatoms. The van der Waals surface area contributed by atoms with E-state index in [1.807, 2.05) is 38.1 Å². The smallest absolute Gasteiger partial charge is 0.277 e. The molecule has 0 fully saturated rings. The molecular weight excluding hydrogens is 445 g/mol. The Morgan fingerprint density at radius 3 is 2.73 bits per heavy atom. The monoisotopic (exact) mass is 465 g/mol. The van der Waals surface area contributed by atoms with Gasteiger partial charge < -0.3 is 14.5 Å². The van der Waals surface area contributed by atoms with Crippen LogP contribution in [0.5, 0.6) is 5.75 Å². The van der Waals surface area contributed by atoms with Crippen molar-refractivity contribution in [2.45, 2.75) is 43.9 Å². The van der Waals surface area contributed by atoms with Crippen molar-refractivity contribution in [1.82, 2.24) is 15.5 Å². The molecule has 0 saturated heterocycles. The molecule has 0 aliphatic heterocycles. The molecule has 3 aromatic rings. The summed E-state index contributed by atoms with van der Waals surface area (Å²) in [5.41, 5.74) is 1.89. The Kier molecular flexibility index (Phi) is 7.64. The summed E-state index contributed by atoms with van der Waals surface area (Å²) in [6.07, 6.45) is 0. The molecule has 0 bridgehead atoms. The van der Waals surface area contributed by atoms with E-state index >= 15 is 0 Å². The van der Waals surface area contributed by atoms with E-state index in [1.54, 1.807) is 25.1 Å². The predicted octanol–water partition coefficient (Wildman–Crippen LogP) is 5.62. The van der Waals surface area contributed by atoms with E-state index in [0.717, 1.165) is 16.9 Å². The maximum Gasteiger partial charge on any atom is 0.277 e. The number of thioether (sulfide) groups is 1. The van der Waals surface area contributed by atoms with E-state index in [0.29, 0.717) is 21.2 Å². The third-order valence-corrected chi connectivity index (χ3v) is 5.73. The van der Waals surface area contributed by atoms with Crippen LogP contribution in [0, 0.1) is 6.92 Å². The van der Waals surface area contributed by atoms with Gasteiger partial charge in [-0.15, -0.1) is 10.2 Å². The van der Waals surface area contributed by atoms with Gasteiger partial charge in [0.25, 0.3) is 11.1 Å². The molecule has 1 N–H and O–H groups in total. The van der Waals surface area contributed by atoms with Crippen LogP contribution in [0.1, 0.15) is 36.9 Å². The zero-order valence-electron chi connectivity index (χ0n) is 16.7. The van der Waals surface area contributed by atoms with Crippen LogP contribution in [-0.4, -0.2) is 21.4 Å². The van der Waals surface area contributed by atoms with Crippen molar-refractivity contribution in [3.63, 3.8) is 0 Å². The van der Waals surface area contributed by atoms with E-state index in [9.17, 15) is 4.79 Å². The number of halogens is 2. The molecule has 2 aromatic carbocycles. The zero-order valence-corrected chi connectivity index (χ0v) is 19.0. The number of benzene rings is 2. The fraction of sp³-hybridized carbons (Fsp3) is 0.286.